The van der Waals surface area contributed by atoms with Crippen molar-refractivity contribution in [2.45, 2.75) is 31.1 Å². The molecule has 1 N–H and O–H groups in total. The fourth-order valence-electron chi connectivity index (χ4n) is 3.43. The molecule has 8 nitrogen and oxygen atoms in total. The molecule has 0 saturated carbocycles. The number of ether oxygens (including phenoxy) is 2. The first-order chi connectivity index (χ1) is 15.4. The second-order valence-electron chi connectivity index (χ2n) is 7.55. The minimum atomic E-state index is -3.81. The van der Waals surface area contributed by atoms with E-state index in [0.29, 0.717) is 18.8 Å². The van der Waals surface area contributed by atoms with Crippen molar-refractivity contribution in [3.8, 4) is 5.75 Å². The van der Waals surface area contributed by atoms with E-state index in [-0.39, 0.29) is 23.6 Å². The van der Waals surface area contributed by atoms with E-state index in [2.05, 4.69) is 5.32 Å². The molecule has 3 rings (SSSR count). The zero-order chi connectivity index (χ0) is 23.0. The van der Waals surface area contributed by atoms with Crippen molar-refractivity contribution >= 4 is 21.9 Å². The van der Waals surface area contributed by atoms with Gasteiger partial charge in [0.15, 0.2) is 6.61 Å². The summed E-state index contributed by atoms with van der Waals surface area (Å²) in [5, 5.41) is 2.60. The van der Waals surface area contributed by atoms with Crippen LogP contribution < -0.4 is 10.1 Å². The largest absolute Gasteiger partial charge is 0.492 e. The van der Waals surface area contributed by atoms with Gasteiger partial charge in [-0.25, -0.2) is 13.2 Å². The molecule has 0 radical (unpaired) electrons. The molecule has 2 aromatic rings. The molecule has 1 aliphatic rings. The SMILES string of the molecule is Cc1cccc(OCCNC(=O)COC(=O)c2ccccc2S(=O)(=O)N2CCCCC2)c1. The fraction of sp³-hybridized carbons (Fsp3) is 0.391. The summed E-state index contributed by atoms with van der Waals surface area (Å²) < 4.78 is 38.0. The van der Waals surface area contributed by atoms with Gasteiger partial charge in [-0.2, -0.15) is 4.31 Å². The second kappa shape index (κ2) is 11.1. The predicted octanol–water partition coefficient (Wildman–Crippen LogP) is 2.52. The van der Waals surface area contributed by atoms with Crippen LogP contribution in [0.3, 0.4) is 0 Å². The van der Waals surface area contributed by atoms with Crippen LogP contribution in [0, 0.1) is 6.92 Å². The van der Waals surface area contributed by atoms with Crippen molar-refractivity contribution in [2.24, 2.45) is 0 Å². The monoisotopic (exact) mass is 460 g/mol. The molecule has 0 spiro atoms. The van der Waals surface area contributed by atoms with E-state index in [1.807, 2.05) is 31.2 Å². The molecule has 0 bridgehead atoms. The van der Waals surface area contributed by atoms with Crippen LogP contribution in [-0.2, 0) is 19.6 Å². The third-order valence-electron chi connectivity index (χ3n) is 5.06. The lowest BCUT2D eigenvalue weighted by atomic mass is 10.2. The maximum Gasteiger partial charge on any atom is 0.340 e. The maximum atomic E-state index is 13.0. The van der Waals surface area contributed by atoms with Crippen molar-refractivity contribution in [1.82, 2.24) is 9.62 Å². The number of hydrogen-bond donors (Lipinski definition) is 1. The first kappa shape index (κ1) is 23.7. The molecule has 1 aliphatic heterocycles. The first-order valence-electron chi connectivity index (χ1n) is 10.6. The summed E-state index contributed by atoms with van der Waals surface area (Å²) in [4.78, 5) is 24.4. The Bertz CT molecular complexity index is 1050. The van der Waals surface area contributed by atoms with Gasteiger partial charge < -0.3 is 14.8 Å². The third kappa shape index (κ3) is 6.30. The molecule has 1 fully saturated rings. The Morgan fingerprint density at radius 2 is 1.78 bits per heavy atom. The minimum Gasteiger partial charge on any atom is -0.492 e. The maximum absolute atomic E-state index is 13.0. The molecule has 1 saturated heterocycles. The van der Waals surface area contributed by atoms with E-state index >= 15 is 0 Å². The number of sulfonamides is 1. The Balaban J connectivity index is 1.51. The topological polar surface area (TPSA) is 102 Å². The molecule has 2 aromatic carbocycles. The van der Waals surface area contributed by atoms with Gasteiger partial charge in [-0.05, 0) is 49.6 Å². The normalized spacial score (nSPS) is 14.5. The highest BCUT2D eigenvalue weighted by molar-refractivity contribution is 7.89. The van der Waals surface area contributed by atoms with Gasteiger partial charge in [0.1, 0.15) is 12.4 Å². The zero-order valence-corrected chi connectivity index (χ0v) is 18.9. The van der Waals surface area contributed by atoms with Crippen molar-refractivity contribution in [3.63, 3.8) is 0 Å². The first-order valence-corrected chi connectivity index (χ1v) is 12.0. The summed E-state index contributed by atoms with van der Waals surface area (Å²) in [6.07, 6.45) is 2.57. The molecular weight excluding hydrogens is 432 g/mol. The summed E-state index contributed by atoms with van der Waals surface area (Å²) >= 11 is 0. The van der Waals surface area contributed by atoms with Gasteiger partial charge in [0.2, 0.25) is 10.0 Å². The number of nitrogens with zero attached hydrogens (tertiary/aromatic N) is 1. The summed E-state index contributed by atoms with van der Waals surface area (Å²) in [6.45, 7) is 2.81. The van der Waals surface area contributed by atoms with Crippen molar-refractivity contribution < 1.29 is 27.5 Å². The molecule has 1 amide bonds. The van der Waals surface area contributed by atoms with Crippen LogP contribution >= 0.6 is 0 Å². The van der Waals surface area contributed by atoms with E-state index in [0.717, 1.165) is 24.8 Å². The summed E-state index contributed by atoms with van der Waals surface area (Å²) in [7, 11) is -3.81. The molecular formula is C23H28N2O6S. The van der Waals surface area contributed by atoms with Gasteiger partial charge in [-0.3, -0.25) is 4.79 Å². The Labute approximate surface area is 188 Å². The molecule has 0 aromatic heterocycles. The highest BCUT2D eigenvalue weighted by Gasteiger charge is 2.30. The van der Waals surface area contributed by atoms with Gasteiger partial charge in [0, 0.05) is 13.1 Å². The lowest BCUT2D eigenvalue weighted by Gasteiger charge is -2.26. The predicted molar refractivity (Wildman–Crippen MR) is 119 cm³/mol. The number of rotatable bonds is 9. The number of nitrogens with one attached hydrogen (secondary N) is 1. The molecule has 32 heavy (non-hydrogen) atoms. The van der Waals surface area contributed by atoms with Crippen LogP contribution in [0.4, 0.5) is 0 Å². The Morgan fingerprint density at radius 1 is 1.03 bits per heavy atom. The van der Waals surface area contributed by atoms with Crippen LogP contribution in [0.15, 0.2) is 53.4 Å². The molecule has 0 aliphatic carbocycles. The molecule has 172 valence electrons. The highest BCUT2D eigenvalue weighted by atomic mass is 32.2. The third-order valence-corrected chi connectivity index (χ3v) is 7.01. The number of aryl methyl sites for hydroxylation is 1. The van der Waals surface area contributed by atoms with Crippen LogP contribution in [0.25, 0.3) is 0 Å². The summed E-state index contributed by atoms with van der Waals surface area (Å²) in [6, 6.07) is 13.5. The van der Waals surface area contributed by atoms with E-state index in [9.17, 15) is 18.0 Å². The van der Waals surface area contributed by atoms with Gasteiger partial charge >= 0.3 is 5.97 Å². The van der Waals surface area contributed by atoms with Crippen molar-refractivity contribution in [3.05, 3.63) is 59.7 Å². The number of benzene rings is 2. The minimum absolute atomic E-state index is 0.0753. The number of piperidine rings is 1. The average molecular weight is 461 g/mol. The van der Waals surface area contributed by atoms with Crippen LogP contribution in [0.1, 0.15) is 35.2 Å². The average Bonchev–Trinajstić information content (AvgIpc) is 2.81. The van der Waals surface area contributed by atoms with E-state index in [1.54, 1.807) is 12.1 Å². The Hall–Kier alpha value is -2.91. The fourth-order valence-corrected chi connectivity index (χ4v) is 5.13. The second-order valence-corrected chi connectivity index (χ2v) is 9.46. The zero-order valence-electron chi connectivity index (χ0n) is 18.1. The molecule has 0 unspecified atom stereocenters. The Morgan fingerprint density at radius 3 is 2.53 bits per heavy atom. The molecule has 0 atom stereocenters. The number of carbonyl (C=O) groups excluding carboxylic acids is 2. The highest BCUT2D eigenvalue weighted by Crippen LogP contribution is 2.24. The summed E-state index contributed by atoms with van der Waals surface area (Å²) in [5.41, 5.74) is 0.995. The smallest absolute Gasteiger partial charge is 0.340 e. The van der Waals surface area contributed by atoms with Crippen molar-refractivity contribution in [1.29, 1.82) is 0 Å². The standard InChI is InChI=1S/C23H28N2O6S/c1-18-8-7-9-19(16-18)30-15-12-24-22(26)17-31-23(27)20-10-3-4-11-21(20)32(28,29)25-13-5-2-6-14-25/h3-4,7-11,16H,2,5-6,12-15,17H2,1H3,(H,24,26). The van der Waals surface area contributed by atoms with Crippen LogP contribution in [0.2, 0.25) is 0 Å². The van der Waals surface area contributed by atoms with Gasteiger partial charge in [0.25, 0.3) is 5.91 Å². The lowest BCUT2D eigenvalue weighted by Crippen LogP contribution is -2.36. The Kier molecular flexibility index (Phi) is 8.24. The quantitative estimate of drug-likeness (QED) is 0.456. The number of hydrogen-bond acceptors (Lipinski definition) is 6. The molecule has 1 heterocycles. The van der Waals surface area contributed by atoms with E-state index in [1.165, 1.54) is 16.4 Å². The van der Waals surface area contributed by atoms with E-state index < -0.39 is 28.5 Å². The van der Waals surface area contributed by atoms with Gasteiger partial charge in [-0.1, -0.05) is 30.7 Å². The number of carbonyl (C=O) groups is 2. The molecule has 9 heteroatoms. The number of amides is 1. The lowest BCUT2D eigenvalue weighted by molar-refractivity contribution is -0.124. The van der Waals surface area contributed by atoms with Gasteiger partial charge in [-0.15, -0.1) is 0 Å². The van der Waals surface area contributed by atoms with E-state index in [4.69, 9.17) is 9.47 Å². The van der Waals surface area contributed by atoms with Crippen LogP contribution in [0.5, 0.6) is 5.75 Å². The summed E-state index contributed by atoms with van der Waals surface area (Å²) in [5.74, 6) is -0.646. The van der Waals surface area contributed by atoms with Crippen LogP contribution in [-0.4, -0.2) is 57.4 Å². The van der Waals surface area contributed by atoms with Crippen molar-refractivity contribution in [2.75, 3.05) is 32.8 Å². The number of esters is 1. The van der Waals surface area contributed by atoms with Gasteiger partial charge in [0.05, 0.1) is 17.0 Å².